The lowest BCUT2D eigenvalue weighted by atomic mass is 9.87. The lowest BCUT2D eigenvalue weighted by Crippen LogP contribution is -2.55. The maximum Gasteiger partial charge on any atom is 0.317 e. The van der Waals surface area contributed by atoms with E-state index < -0.39 is 11.9 Å². The van der Waals surface area contributed by atoms with Crippen LogP contribution in [0.2, 0.25) is 0 Å². The highest BCUT2D eigenvalue weighted by Gasteiger charge is 2.36. The molecule has 1 heterocycles. The van der Waals surface area contributed by atoms with Crippen molar-refractivity contribution >= 4 is 11.9 Å². The van der Waals surface area contributed by atoms with Gasteiger partial charge in [-0.05, 0) is 25.0 Å². The number of aliphatic carboxylic acids is 2. The van der Waals surface area contributed by atoms with Crippen LogP contribution in [0.1, 0.15) is 31.4 Å². The van der Waals surface area contributed by atoms with Crippen LogP contribution < -0.4 is 0 Å². The molecule has 8 heteroatoms. The first-order valence-corrected chi connectivity index (χ1v) is 9.05. The highest BCUT2D eigenvalue weighted by atomic mass is 16.4. The third kappa shape index (κ3) is 6.65. The van der Waals surface area contributed by atoms with E-state index in [1.807, 2.05) is 17.0 Å². The van der Waals surface area contributed by atoms with E-state index in [0.29, 0.717) is 6.54 Å². The van der Waals surface area contributed by atoms with E-state index in [1.165, 1.54) is 0 Å². The summed E-state index contributed by atoms with van der Waals surface area (Å²) >= 11 is 0. The molecule has 1 aliphatic rings. The first-order valence-electron chi connectivity index (χ1n) is 9.05. The Morgan fingerprint density at radius 2 is 1.59 bits per heavy atom. The number of carboxylic acids is 2. The predicted octanol–water partition coefficient (Wildman–Crippen LogP) is 1.74. The fraction of sp³-hybridized carbons (Fsp3) is 0.526. The van der Waals surface area contributed by atoms with Gasteiger partial charge in [-0.2, -0.15) is 0 Å². The van der Waals surface area contributed by atoms with E-state index in [1.54, 1.807) is 17.2 Å². The third-order valence-corrected chi connectivity index (χ3v) is 4.79. The van der Waals surface area contributed by atoms with Gasteiger partial charge in [0, 0.05) is 24.8 Å². The molecule has 0 amide bonds. The molecule has 3 N–H and O–H groups in total. The van der Waals surface area contributed by atoms with Gasteiger partial charge in [-0.1, -0.05) is 25.5 Å². The summed E-state index contributed by atoms with van der Waals surface area (Å²) in [7, 11) is 0. The predicted molar refractivity (Wildman–Crippen MR) is 99.3 cm³/mol. The third-order valence-electron chi connectivity index (χ3n) is 4.79. The largest absolute Gasteiger partial charge is 0.512 e. The van der Waals surface area contributed by atoms with Crippen LogP contribution in [-0.2, 0) is 16.1 Å². The molecule has 0 saturated heterocycles. The first kappa shape index (κ1) is 20.9. The summed E-state index contributed by atoms with van der Waals surface area (Å²) in [6.07, 6.45) is 5.04. The second-order valence-corrected chi connectivity index (χ2v) is 6.90. The Hall–Kier alpha value is -2.45. The number of aliphatic hydroxyl groups is 1. The maximum atomic E-state index is 11.5. The van der Waals surface area contributed by atoms with Crippen molar-refractivity contribution in [3.8, 4) is 0 Å². The van der Waals surface area contributed by atoms with E-state index >= 15 is 0 Å². The van der Waals surface area contributed by atoms with Crippen molar-refractivity contribution in [2.45, 2.75) is 44.3 Å². The molecular weight excluding hydrogens is 350 g/mol. The number of aromatic nitrogens is 1. The lowest BCUT2D eigenvalue weighted by molar-refractivity contribution is -0.142. The van der Waals surface area contributed by atoms with Gasteiger partial charge in [0.2, 0.25) is 0 Å². The average Bonchev–Trinajstić information content (AvgIpc) is 2.60. The van der Waals surface area contributed by atoms with Gasteiger partial charge in [-0.15, -0.1) is 0 Å². The summed E-state index contributed by atoms with van der Waals surface area (Å²) in [4.78, 5) is 30.6. The lowest BCUT2D eigenvalue weighted by Gasteiger charge is -2.44. The molecule has 0 aromatic carbocycles. The van der Waals surface area contributed by atoms with Gasteiger partial charge in [0.1, 0.15) is 0 Å². The van der Waals surface area contributed by atoms with E-state index in [4.69, 9.17) is 0 Å². The number of hydrogen-bond donors (Lipinski definition) is 3. The molecule has 0 spiro atoms. The zero-order valence-electron chi connectivity index (χ0n) is 15.3. The molecule has 0 aliphatic heterocycles. The first-order chi connectivity index (χ1) is 12.9. The monoisotopic (exact) mass is 377 g/mol. The highest BCUT2D eigenvalue weighted by Crippen LogP contribution is 2.28. The normalized spacial score (nSPS) is 19.9. The second kappa shape index (κ2) is 10.0. The molecule has 1 fully saturated rings. The van der Waals surface area contributed by atoms with Gasteiger partial charge >= 0.3 is 11.9 Å². The highest BCUT2D eigenvalue weighted by molar-refractivity contribution is 5.69. The van der Waals surface area contributed by atoms with Crippen LogP contribution in [0.5, 0.6) is 0 Å². The van der Waals surface area contributed by atoms with Crippen LogP contribution >= 0.6 is 0 Å². The van der Waals surface area contributed by atoms with Crippen LogP contribution in [0.4, 0.5) is 0 Å². The smallest absolute Gasteiger partial charge is 0.317 e. The summed E-state index contributed by atoms with van der Waals surface area (Å²) in [5, 5.41) is 28.3. The van der Waals surface area contributed by atoms with Crippen LogP contribution in [0.3, 0.4) is 0 Å². The molecule has 1 saturated carbocycles. The molecule has 0 bridgehead atoms. The van der Waals surface area contributed by atoms with Gasteiger partial charge in [-0.3, -0.25) is 24.4 Å². The molecule has 148 valence electrons. The molecule has 27 heavy (non-hydrogen) atoms. The summed E-state index contributed by atoms with van der Waals surface area (Å²) in [6.45, 7) is 3.53. The van der Waals surface area contributed by atoms with Crippen LogP contribution in [0, 0.1) is 0 Å². The molecule has 0 radical (unpaired) electrons. The van der Waals surface area contributed by atoms with Gasteiger partial charge in [0.05, 0.1) is 31.1 Å². The number of carboxylic acid groups (broad SMARTS) is 2. The number of nitrogens with zero attached hydrogens (tertiary/aromatic N) is 3. The van der Waals surface area contributed by atoms with Crippen molar-refractivity contribution in [1.82, 2.24) is 14.8 Å². The summed E-state index contributed by atoms with van der Waals surface area (Å²) < 4.78 is 0. The molecule has 8 nitrogen and oxygen atoms in total. The molecule has 1 aliphatic carbocycles. The molecule has 1 aromatic heterocycles. The Bertz CT molecular complexity index is 636. The summed E-state index contributed by atoms with van der Waals surface area (Å²) in [5.74, 6) is -2.03. The molecular formula is C19H27N3O5. The minimum absolute atomic E-state index is 0.0535. The van der Waals surface area contributed by atoms with E-state index in [2.05, 4.69) is 11.6 Å². The van der Waals surface area contributed by atoms with Crippen molar-refractivity contribution < 1.29 is 24.9 Å². The topological polar surface area (TPSA) is 114 Å². The fourth-order valence-corrected chi connectivity index (χ4v) is 3.81. The van der Waals surface area contributed by atoms with Crippen LogP contribution in [0.25, 0.3) is 0 Å². The summed E-state index contributed by atoms with van der Waals surface area (Å²) in [6, 6.07) is 5.18. The van der Waals surface area contributed by atoms with Crippen molar-refractivity contribution in [3.63, 3.8) is 0 Å². The van der Waals surface area contributed by atoms with E-state index in [9.17, 15) is 24.9 Å². The molecule has 2 unspecified atom stereocenters. The van der Waals surface area contributed by atoms with E-state index in [-0.39, 0.29) is 37.5 Å². The average molecular weight is 377 g/mol. The zero-order chi connectivity index (χ0) is 19.8. The SMILES string of the molecule is C=C(O)CN(CC(=O)O)C1CCCCC1N(CC(=O)O)Cc1ccccn1. The van der Waals surface area contributed by atoms with Crippen molar-refractivity contribution in [1.29, 1.82) is 0 Å². The number of carbonyl (C=O) groups is 2. The number of hydrogen-bond acceptors (Lipinski definition) is 6. The number of aliphatic hydroxyl groups excluding tert-OH is 1. The summed E-state index contributed by atoms with van der Waals surface area (Å²) in [5.41, 5.74) is 0.763. The van der Waals surface area contributed by atoms with Gasteiger partial charge in [-0.25, -0.2) is 0 Å². The van der Waals surface area contributed by atoms with Crippen molar-refractivity contribution in [2.24, 2.45) is 0 Å². The minimum Gasteiger partial charge on any atom is -0.512 e. The Morgan fingerprint density at radius 3 is 2.11 bits per heavy atom. The van der Waals surface area contributed by atoms with Gasteiger partial charge in [0.25, 0.3) is 0 Å². The maximum absolute atomic E-state index is 11.5. The fourth-order valence-electron chi connectivity index (χ4n) is 3.81. The van der Waals surface area contributed by atoms with Crippen LogP contribution in [-0.4, -0.2) is 73.8 Å². The molecule has 1 aromatic rings. The molecule has 2 atom stereocenters. The van der Waals surface area contributed by atoms with Crippen molar-refractivity contribution in [3.05, 3.63) is 42.4 Å². The molecule has 2 rings (SSSR count). The Labute approximate surface area is 158 Å². The minimum atomic E-state index is -0.991. The number of rotatable bonds is 10. The van der Waals surface area contributed by atoms with Gasteiger partial charge < -0.3 is 15.3 Å². The Morgan fingerprint density at radius 1 is 1.00 bits per heavy atom. The Balaban J connectivity index is 2.26. The van der Waals surface area contributed by atoms with E-state index in [0.717, 1.165) is 31.4 Å². The number of pyridine rings is 1. The van der Waals surface area contributed by atoms with Gasteiger partial charge in [0.15, 0.2) is 0 Å². The van der Waals surface area contributed by atoms with Crippen LogP contribution in [0.15, 0.2) is 36.7 Å². The zero-order valence-corrected chi connectivity index (χ0v) is 15.3. The quantitative estimate of drug-likeness (QED) is 0.528. The second-order valence-electron chi connectivity index (χ2n) is 6.90. The van der Waals surface area contributed by atoms with Crippen molar-refractivity contribution in [2.75, 3.05) is 19.6 Å². The Kier molecular flexibility index (Phi) is 7.75. The standard InChI is InChI=1S/C19H27N3O5/c1-14(23)10-21(12-18(24)25)16-7-2-3-8-17(16)22(13-19(26)27)11-15-6-4-5-9-20-15/h4-6,9,16-17,23H,1-3,7-8,10-13H2,(H,24,25)(H,26,27).